The van der Waals surface area contributed by atoms with E-state index in [9.17, 15) is 5.11 Å². The molecule has 0 saturated heterocycles. The van der Waals surface area contributed by atoms with E-state index in [1.807, 2.05) is 25.5 Å². The summed E-state index contributed by atoms with van der Waals surface area (Å²) in [5.74, 6) is 1.93. The molecular weight excluding hydrogens is 240 g/mol. The van der Waals surface area contributed by atoms with Crippen LogP contribution in [0.2, 0.25) is 0 Å². The van der Waals surface area contributed by atoms with E-state index in [1.54, 1.807) is 0 Å². The zero-order valence-electron chi connectivity index (χ0n) is 12.3. The average Bonchev–Trinajstić information content (AvgIpc) is 2.70. The Morgan fingerprint density at radius 2 is 2.00 bits per heavy atom. The van der Waals surface area contributed by atoms with Crippen LogP contribution in [0.25, 0.3) is 0 Å². The number of rotatable bonds is 5. The molecular formula is C14H26N4O. The molecule has 1 N–H and O–H groups in total. The molecule has 0 amide bonds. The fourth-order valence-corrected chi connectivity index (χ4v) is 2.90. The molecule has 0 bridgehead atoms. The van der Waals surface area contributed by atoms with Gasteiger partial charge in [0.1, 0.15) is 11.6 Å². The van der Waals surface area contributed by atoms with Crippen molar-refractivity contribution in [2.75, 3.05) is 6.54 Å². The number of aliphatic hydroxyl groups is 1. The summed E-state index contributed by atoms with van der Waals surface area (Å²) in [6.45, 7) is 5.33. The number of aliphatic hydroxyl groups excluding tert-OH is 1. The van der Waals surface area contributed by atoms with E-state index in [4.69, 9.17) is 0 Å². The fraction of sp³-hybridized carbons (Fsp3) is 0.857. The van der Waals surface area contributed by atoms with Crippen LogP contribution in [0.15, 0.2) is 0 Å². The lowest BCUT2D eigenvalue weighted by molar-refractivity contribution is 0.0742. The first-order chi connectivity index (χ1) is 9.08. The Bertz CT molecular complexity index is 396. The van der Waals surface area contributed by atoms with E-state index in [0.29, 0.717) is 6.04 Å². The third-order valence-corrected chi connectivity index (χ3v) is 4.12. The molecule has 1 aromatic rings. The number of aryl methyl sites for hydroxylation is 1. The summed E-state index contributed by atoms with van der Waals surface area (Å²) in [5, 5.41) is 18.1. The minimum atomic E-state index is -0.295. The highest BCUT2D eigenvalue weighted by Crippen LogP contribution is 2.24. The molecule has 1 aromatic heterocycles. The Morgan fingerprint density at radius 1 is 1.32 bits per heavy atom. The molecule has 2 rings (SSSR count). The lowest BCUT2D eigenvalue weighted by Crippen LogP contribution is -2.41. The van der Waals surface area contributed by atoms with Gasteiger partial charge in [0.25, 0.3) is 0 Å². The highest BCUT2D eigenvalue weighted by molar-refractivity contribution is 4.93. The Kier molecular flexibility index (Phi) is 4.93. The van der Waals surface area contributed by atoms with Crippen LogP contribution in [-0.2, 0) is 13.6 Å². The van der Waals surface area contributed by atoms with Crippen LogP contribution < -0.4 is 0 Å². The molecule has 1 fully saturated rings. The first kappa shape index (κ1) is 14.5. The van der Waals surface area contributed by atoms with E-state index in [2.05, 4.69) is 15.1 Å². The van der Waals surface area contributed by atoms with Crippen LogP contribution >= 0.6 is 0 Å². The number of hydrogen-bond acceptors (Lipinski definition) is 4. The van der Waals surface area contributed by atoms with Crippen molar-refractivity contribution in [2.24, 2.45) is 7.05 Å². The van der Waals surface area contributed by atoms with Gasteiger partial charge in [-0.1, -0.05) is 19.3 Å². The zero-order valence-corrected chi connectivity index (χ0v) is 12.3. The predicted octanol–water partition coefficient (Wildman–Crippen LogP) is 1.64. The molecule has 0 spiro atoms. The summed E-state index contributed by atoms with van der Waals surface area (Å²) < 4.78 is 2.04. The van der Waals surface area contributed by atoms with Gasteiger partial charge in [-0.3, -0.25) is 4.90 Å². The minimum Gasteiger partial charge on any atom is -0.392 e. The summed E-state index contributed by atoms with van der Waals surface area (Å²) in [4.78, 5) is 2.38. The van der Waals surface area contributed by atoms with Crippen LogP contribution in [0.5, 0.6) is 0 Å². The van der Waals surface area contributed by atoms with Crippen molar-refractivity contribution in [3.8, 4) is 0 Å². The number of nitrogens with zero attached hydrogens (tertiary/aromatic N) is 4. The minimum absolute atomic E-state index is 0.295. The Labute approximate surface area is 115 Å². The Morgan fingerprint density at radius 3 is 2.53 bits per heavy atom. The van der Waals surface area contributed by atoms with Gasteiger partial charge in [0.2, 0.25) is 0 Å². The van der Waals surface area contributed by atoms with Crippen molar-refractivity contribution in [1.82, 2.24) is 19.7 Å². The second-order valence-electron chi connectivity index (χ2n) is 5.79. The first-order valence-corrected chi connectivity index (χ1v) is 7.35. The summed E-state index contributed by atoms with van der Waals surface area (Å²) in [6, 6.07) is 0.584. The summed E-state index contributed by atoms with van der Waals surface area (Å²) in [6.07, 6.45) is 6.14. The van der Waals surface area contributed by atoms with E-state index < -0.39 is 0 Å². The van der Waals surface area contributed by atoms with Gasteiger partial charge in [-0.2, -0.15) is 0 Å². The topological polar surface area (TPSA) is 54.2 Å². The third-order valence-electron chi connectivity index (χ3n) is 4.12. The van der Waals surface area contributed by atoms with Gasteiger partial charge in [0.15, 0.2) is 0 Å². The smallest absolute Gasteiger partial charge is 0.146 e. The quantitative estimate of drug-likeness (QED) is 0.880. The van der Waals surface area contributed by atoms with Crippen LogP contribution in [0.3, 0.4) is 0 Å². The van der Waals surface area contributed by atoms with Crippen molar-refractivity contribution in [2.45, 2.75) is 64.6 Å². The van der Waals surface area contributed by atoms with Crippen molar-refractivity contribution < 1.29 is 5.11 Å². The molecule has 0 radical (unpaired) electrons. The maximum Gasteiger partial charge on any atom is 0.146 e. The third kappa shape index (κ3) is 3.76. The summed E-state index contributed by atoms with van der Waals surface area (Å²) in [7, 11) is 2.01. The van der Waals surface area contributed by atoms with Crippen molar-refractivity contribution in [1.29, 1.82) is 0 Å². The van der Waals surface area contributed by atoms with E-state index in [1.165, 1.54) is 32.1 Å². The van der Waals surface area contributed by atoms with Gasteiger partial charge in [-0.15, -0.1) is 10.2 Å². The molecule has 1 unspecified atom stereocenters. The van der Waals surface area contributed by atoms with Crippen LogP contribution in [0.1, 0.15) is 50.7 Å². The van der Waals surface area contributed by atoms with Gasteiger partial charge in [-0.05, 0) is 26.7 Å². The molecule has 1 saturated carbocycles. The van der Waals surface area contributed by atoms with Crippen LogP contribution in [-0.4, -0.2) is 43.5 Å². The van der Waals surface area contributed by atoms with Gasteiger partial charge < -0.3 is 9.67 Å². The molecule has 1 aliphatic carbocycles. The van der Waals surface area contributed by atoms with Crippen LogP contribution in [0.4, 0.5) is 0 Å². The van der Waals surface area contributed by atoms with Crippen molar-refractivity contribution in [3.63, 3.8) is 0 Å². The maximum absolute atomic E-state index is 9.72. The predicted molar refractivity (Wildman–Crippen MR) is 74.7 cm³/mol. The van der Waals surface area contributed by atoms with Gasteiger partial charge in [0.05, 0.1) is 12.6 Å². The van der Waals surface area contributed by atoms with E-state index >= 15 is 0 Å². The molecule has 0 aliphatic heterocycles. The normalized spacial score (nSPS) is 19.0. The lowest BCUT2D eigenvalue weighted by atomic mass is 9.94. The zero-order chi connectivity index (χ0) is 13.8. The standard InChI is InChI=1S/C14H26N4O/c1-11(19)9-18(13-7-5-4-6-8-13)10-14-16-15-12(2)17(14)3/h11,13,19H,4-10H2,1-3H3. The molecule has 1 atom stereocenters. The summed E-state index contributed by atoms with van der Waals surface area (Å²) >= 11 is 0. The average molecular weight is 266 g/mol. The van der Waals surface area contributed by atoms with E-state index in [-0.39, 0.29) is 6.10 Å². The monoisotopic (exact) mass is 266 g/mol. The Hall–Kier alpha value is -0.940. The molecule has 5 heteroatoms. The van der Waals surface area contributed by atoms with Gasteiger partial charge in [-0.25, -0.2) is 0 Å². The second-order valence-corrected chi connectivity index (χ2v) is 5.79. The molecule has 5 nitrogen and oxygen atoms in total. The number of hydrogen-bond donors (Lipinski definition) is 1. The lowest BCUT2D eigenvalue weighted by Gasteiger charge is -2.34. The maximum atomic E-state index is 9.72. The van der Waals surface area contributed by atoms with Crippen molar-refractivity contribution in [3.05, 3.63) is 11.6 Å². The van der Waals surface area contributed by atoms with E-state index in [0.717, 1.165) is 24.7 Å². The largest absolute Gasteiger partial charge is 0.392 e. The molecule has 1 heterocycles. The Balaban J connectivity index is 2.06. The molecule has 0 aromatic carbocycles. The van der Waals surface area contributed by atoms with Gasteiger partial charge >= 0.3 is 0 Å². The summed E-state index contributed by atoms with van der Waals surface area (Å²) in [5.41, 5.74) is 0. The first-order valence-electron chi connectivity index (χ1n) is 7.35. The molecule has 108 valence electrons. The SMILES string of the molecule is Cc1nnc(CN(CC(C)O)C2CCCCC2)n1C. The second kappa shape index (κ2) is 6.48. The van der Waals surface area contributed by atoms with Crippen molar-refractivity contribution >= 4 is 0 Å². The van der Waals surface area contributed by atoms with Gasteiger partial charge in [0, 0.05) is 19.6 Å². The van der Waals surface area contributed by atoms with Crippen LogP contribution in [0, 0.1) is 6.92 Å². The highest BCUT2D eigenvalue weighted by Gasteiger charge is 2.23. The molecule has 1 aliphatic rings. The number of aromatic nitrogens is 3. The molecule has 19 heavy (non-hydrogen) atoms. The highest BCUT2D eigenvalue weighted by atomic mass is 16.3. The fourth-order valence-electron chi connectivity index (χ4n) is 2.90.